The van der Waals surface area contributed by atoms with Gasteiger partial charge in [0.05, 0.1) is 4.90 Å². The highest BCUT2D eigenvalue weighted by Gasteiger charge is 2.15. The van der Waals surface area contributed by atoms with Crippen LogP contribution < -0.4 is 10.5 Å². The van der Waals surface area contributed by atoms with Crippen LogP contribution in [0.1, 0.15) is 27.0 Å². The molecule has 0 aliphatic heterocycles. The molecule has 1 amide bonds. The first-order valence-electron chi connectivity index (χ1n) is 6.70. The van der Waals surface area contributed by atoms with Gasteiger partial charge in [-0.25, -0.2) is 13.6 Å². The first-order valence-corrected chi connectivity index (χ1v) is 8.25. The molecule has 2 aromatic carbocycles. The van der Waals surface area contributed by atoms with Gasteiger partial charge < -0.3 is 5.32 Å². The minimum atomic E-state index is -3.84. The van der Waals surface area contributed by atoms with E-state index in [1.54, 1.807) is 19.1 Å². The highest BCUT2D eigenvalue weighted by Crippen LogP contribution is 2.18. The Morgan fingerprint density at radius 2 is 1.59 bits per heavy atom. The van der Waals surface area contributed by atoms with E-state index in [1.807, 2.05) is 26.0 Å². The second-order valence-corrected chi connectivity index (χ2v) is 6.84. The van der Waals surface area contributed by atoms with Gasteiger partial charge in [-0.05, 0) is 61.7 Å². The quantitative estimate of drug-likeness (QED) is 0.911. The van der Waals surface area contributed by atoms with E-state index >= 15 is 0 Å². The minimum Gasteiger partial charge on any atom is -0.322 e. The van der Waals surface area contributed by atoms with Crippen LogP contribution in [-0.2, 0) is 10.0 Å². The Labute approximate surface area is 130 Å². The van der Waals surface area contributed by atoms with Gasteiger partial charge in [0.1, 0.15) is 0 Å². The summed E-state index contributed by atoms with van der Waals surface area (Å²) in [6, 6.07) is 9.83. The zero-order chi connectivity index (χ0) is 16.5. The molecule has 0 aliphatic carbocycles. The van der Waals surface area contributed by atoms with E-state index < -0.39 is 10.0 Å². The maximum Gasteiger partial charge on any atom is 0.255 e. The minimum absolute atomic E-state index is 0.0802. The highest BCUT2D eigenvalue weighted by atomic mass is 32.2. The molecule has 0 saturated heterocycles. The zero-order valence-corrected chi connectivity index (χ0v) is 13.5. The van der Waals surface area contributed by atoms with Gasteiger partial charge in [-0.2, -0.15) is 0 Å². The maximum absolute atomic E-state index is 12.4. The molecular weight excluding hydrogens is 300 g/mol. The average molecular weight is 318 g/mol. The molecule has 2 rings (SSSR count). The predicted molar refractivity (Wildman–Crippen MR) is 86.4 cm³/mol. The number of rotatable bonds is 3. The molecule has 0 aromatic heterocycles. The van der Waals surface area contributed by atoms with E-state index in [-0.39, 0.29) is 16.4 Å². The zero-order valence-electron chi connectivity index (χ0n) is 12.7. The summed E-state index contributed by atoms with van der Waals surface area (Å²) < 4.78 is 22.8. The molecule has 0 spiro atoms. The fraction of sp³-hybridized carbons (Fsp3) is 0.188. The van der Waals surface area contributed by atoms with E-state index in [2.05, 4.69) is 5.32 Å². The standard InChI is InChI=1S/C16H18N2O3S/c1-10-4-6-13(8-12(10)3)18-16(19)15-9-14(22(17,20)21)7-5-11(15)2/h4-9H,1-3H3,(H,18,19)(H2,17,20,21). The Balaban J connectivity index is 2.35. The third-order valence-corrected chi connectivity index (χ3v) is 4.46. The fourth-order valence-electron chi connectivity index (χ4n) is 2.04. The van der Waals surface area contributed by atoms with Gasteiger partial charge >= 0.3 is 0 Å². The largest absolute Gasteiger partial charge is 0.322 e. The lowest BCUT2D eigenvalue weighted by Gasteiger charge is -2.10. The van der Waals surface area contributed by atoms with Crippen molar-refractivity contribution in [1.82, 2.24) is 0 Å². The number of benzene rings is 2. The number of carbonyl (C=O) groups excluding carboxylic acids is 1. The Morgan fingerprint density at radius 1 is 0.955 bits per heavy atom. The summed E-state index contributed by atoms with van der Waals surface area (Å²) in [5, 5.41) is 7.88. The van der Waals surface area contributed by atoms with Crippen molar-refractivity contribution in [3.05, 3.63) is 58.7 Å². The molecule has 3 N–H and O–H groups in total. The fourth-order valence-corrected chi connectivity index (χ4v) is 2.58. The SMILES string of the molecule is Cc1ccc(NC(=O)c2cc(S(N)(=O)=O)ccc2C)cc1C. The van der Waals surface area contributed by atoms with Gasteiger partial charge in [0.25, 0.3) is 5.91 Å². The van der Waals surface area contributed by atoms with Crippen LogP contribution in [0.4, 0.5) is 5.69 Å². The third-order valence-electron chi connectivity index (χ3n) is 3.55. The van der Waals surface area contributed by atoms with E-state index in [4.69, 9.17) is 5.14 Å². The molecule has 0 saturated carbocycles. The van der Waals surface area contributed by atoms with Crippen LogP contribution in [0.25, 0.3) is 0 Å². The van der Waals surface area contributed by atoms with Crippen LogP contribution in [0.2, 0.25) is 0 Å². The number of hydrogen-bond acceptors (Lipinski definition) is 3. The number of anilines is 1. The van der Waals surface area contributed by atoms with Gasteiger partial charge in [-0.3, -0.25) is 4.79 Å². The van der Waals surface area contributed by atoms with E-state index in [0.717, 1.165) is 11.1 Å². The molecule has 0 unspecified atom stereocenters. The van der Waals surface area contributed by atoms with Crippen molar-refractivity contribution in [2.75, 3.05) is 5.32 Å². The Kier molecular flexibility index (Phi) is 4.35. The molecule has 0 heterocycles. The van der Waals surface area contributed by atoms with Crippen LogP contribution in [-0.4, -0.2) is 14.3 Å². The average Bonchev–Trinajstić information content (AvgIpc) is 2.42. The smallest absolute Gasteiger partial charge is 0.255 e. The van der Waals surface area contributed by atoms with E-state index in [9.17, 15) is 13.2 Å². The van der Waals surface area contributed by atoms with Gasteiger partial charge in [-0.15, -0.1) is 0 Å². The van der Waals surface area contributed by atoms with Crippen molar-refractivity contribution < 1.29 is 13.2 Å². The summed E-state index contributed by atoms with van der Waals surface area (Å²) in [7, 11) is -3.84. The number of nitrogens with one attached hydrogen (secondary N) is 1. The monoisotopic (exact) mass is 318 g/mol. The molecule has 5 nitrogen and oxygen atoms in total. The Hall–Kier alpha value is -2.18. The summed E-state index contributed by atoms with van der Waals surface area (Å²) in [5.41, 5.74) is 3.81. The molecule has 0 radical (unpaired) electrons. The lowest BCUT2D eigenvalue weighted by atomic mass is 10.1. The van der Waals surface area contributed by atoms with Crippen LogP contribution in [0.3, 0.4) is 0 Å². The summed E-state index contributed by atoms with van der Waals surface area (Å²) in [6.45, 7) is 5.68. The van der Waals surface area contributed by atoms with Crippen LogP contribution in [0.5, 0.6) is 0 Å². The first-order chi connectivity index (χ1) is 10.2. The topological polar surface area (TPSA) is 89.3 Å². The van der Waals surface area contributed by atoms with Crippen molar-refractivity contribution in [3.63, 3.8) is 0 Å². The van der Waals surface area contributed by atoms with Crippen LogP contribution >= 0.6 is 0 Å². The molecule has 0 fully saturated rings. The van der Waals surface area contributed by atoms with E-state index in [1.165, 1.54) is 12.1 Å². The number of sulfonamides is 1. The Bertz CT molecular complexity index is 842. The van der Waals surface area contributed by atoms with Gasteiger partial charge in [-0.1, -0.05) is 12.1 Å². The number of amides is 1. The summed E-state index contributed by atoms with van der Waals surface area (Å²) in [6.07, 6.45) is 0. The van der Waals surface area contributed by atoms with Crippen LogP contribution in [0.15, 0.2) is 41.3 Å². The molecule has 0 bridgehead atoms. The molecule has 0 atom stereocenters. The van der Waals surface area contributed by atoms with E-state index in [0.29, 0.717) is 11.3 Å². The Morgan fingerprint density at radius 3 is 2.18 bits per heavy atom. The van der Waals surface area contributed by atoms with Gasteiger partial charge in [0, 0.05) is 11.3 Å². The summed E-state index contributed by atoms with van der Waals surface area (Å²) in [5.74, 6) is -0.369. The number of nitrogens with two attached hydrogens (primary N) is 1. The molecular formula is C16H18N2O3S. The van der Waals surface area contributed by atoms with Gasteiger partial charge in [0.15, 0.2) is 0 Å². The molecule has 2 aromatic rings. The predicted octanol–water partition coefficient (Wildman–Crippen LogP) is 2.51. The highest BCUT2D eigenvalue weighted by molar-refractivity contribution is 7.89. The lowest BCUT2D eigenvalue weighted by Crippen LogP contribution is -2.17. The van der Waals surface area contributed by atoms with Crippen molar-refractivity contribution in [2.45, 2.75) is 25.7 Å². The molecule has 6 heteroatoms. The lowest BCUT2D eigenvalue weighted by molar-refractivity contribution is 0.102. The maximum atomic E-state index is 12.4. The second-order valence-electron chi connectivity index (χ2n) is 5.27. The normalized spacial score (nSPS) is 11.3. The number of carbonyl (C=O) groups is 1. The number of hydrogen-bond donors (Lipinski definition) is 2. The number of primary sulfonamides is 1. The molecule has 22 heavy (non-hydrogen) atoms. The van der Waals surface area contributed by atoms with Crippen LogP contribution in [0, 0.1) is 20.8 Å². The molecule has 116 valence electrons. The molecule has 0 aliphatic rings. The van der Waals surface area contributed by atoms with Crippen molar-refractivity contribution in [1.29, 1.82) is 0 Å². The summed E-state index contributed by atoms with van der Waals surface area (Å²) >= 11 is 0. The number of aryl methyl sites for hydroxylation is 3. The van der Waals surface area contributed by atoms with Gasteiger partial charge in [0.2, 0.25) is 10.0 Å². The first kappa shape index (κ1) is 16.2. The second kappa shape index (κ2) is 5.90. The van der Waals surface area contributed by atoms with Crippen molar-refractivity contribution in [2.24, 2.45) is 5.14 Å². The van der Waals surface area contributed by atoms with Crippen molar-refractivity contribution >= 4 is 21.6 Å². The summed E-state index contributed by atoms with van der Waals surface area (Å²) in [4.78, 5) is 12.3. The third kappa shape index (κ3) is 3.52. The van der Waals surface area contributed by atoms with Crippen molar-refractivity contribution in [3.8, 4) is 0 Å².